The summed E-state index contributed by atoms with van der Waals surface area (Å²) in [6, 6.07) is 10.0. The number of benzene rings is 1. The molecule has 0 aliphatic carbocycles. The van der Waals surface area contributed by atoms with Crippen molar-refractivity contribution in [1.82, 2.24) is 14.8 Å². The van der Waals surface area contributed by atoms with Crippen LogP contribution in [-0.4, -0.2) is 38.5 Å². The number of hydrogen-bond donors (Lipinski definition) is 2. The molecule has 140 valence electrons. The van der Waals surface area contributed by atoms with E-state index < -0.39 is 6.10 Å². The Bertz CT molecular complexity index is 911. The number of rotatable bonds is 7. The summed E-state index contributed by atoms with van der Waals surface area (Å²) < 4.78 is 13.0. The summed E-state index contributed by atoms with van der Waals surface area (Å²) >= 11 is 0. The number of carbonyl (C=O) groups excluding carboxylic acids is 1. The molecule has 1 aromatic carbocycles. The van der Waals surface area contributed by atoms with Gasteiger partial charge in [0, 0.05) is 37.1 Å². The maximum Gasteiger partial charge on any atom is 0.257 e. The van der Waals surface area contributed by atoms with Gasteiger partial charge in [-0.3, -0.25) is 14.5 Å². The van der Waals surface area contributed by atoms with Gasteiger partial charge in [0.1, 0.15) is 23.4 Å². The van der Waals surface area contributed by atoms with E-state index in [-0.39, 0.29) is 12.5 Å². The molecule has 2 heterocycles. The fraction of sp³-hybridized carbons (Fsp3) is 0.211. The van der Waals surface area contributed by atoms with Gasteiger partial charge in [-0.2, -0.15) is 5.10 Å². The third kappa shape index (κ3) is 5.05. The summed E-state index contributed by atoms with van der Waals surface area (Å²) in [6.07, 6.45) is 4.51. The number of aryl methyl sites for hydroxylation is 1. The smallest absolute Gasteiger partial charge is 0.257 e. The Morgan fingerprint density at radius 3 is 2.74 bits per heavy atom. The van der Waals surface area contributed by atoms with Crippen LogP contribution in [-0.2, 0) is 7.05 Å². The number of nitrogens with one attached hydrogen (secondary N) is 1. The molecule has 1 atom stereocenters. The summed E-state index contributed by atoms with van der Waals surface area (Å²) in [4.78, 5) is 16.6. The van der Waals surface area contributed by atoms with Crippen molar-refractivity contribution in [3.05, 3.63) is 60.6 Å². The van der Waals surface area contributed by atoms with Gasteiger partial charge in [0.05, 0.1) is 12.8 Å². The summed E-state index contributed by atoms with van der Waals surface area (Å²) in [6.45, 7) is 1.57. The van der Waals surface area contributed by atoms with Crippen molar-refractivity contribution in [1.29, 1.82) is 0 Å². The maximum absolute atomic E-state index is 12.6. The van der Waals surface area contributed by atoms with Crippen LogP contribution in [0, 0.1) is 0 Å². The summed E-state index contributed by atoms with van der Waals surface area (Å²) in [7, 11) is 1.76. The van der Waals surface area contributed by atoms with Crippen LogP contribution in [0.3, 0.4) is 0 Å². The molecular formula is C19H20N4O4. The largest absolute Gasteiger partial charge is 0.488 e. The van der Waals surface area contributed by atoms with Crippen molar-refractivity contribution >= 4 is 11.7 Å². The number of pyridine rings is 1. The van der Waals surface area contributed by atoms with E-state index >= 15 is 0 Å². The van der Waals surface area contributed by atoms with E-state index in [2.05, 4.69) is 15.4 Å². The first-order chi connectivity index (χ1) is 13.0. The van der Waals surface area contributed by atoms with E-state index in [9.17, 15) is 9.90 Å². The molecule has 1 amide bonds. The molecule has 27 heavy (non-hydrogen) atoms. The lowest BCUT2D eigenvalue weighted by molar-refractivity contribution is 0.102. The van der Waals surface area contributed by atoms with Crippen molar-refractivity contribution < 1.29 is 19.4 Å². The number of amides is 1. The average Bonchev–Trinajstić information content (AvgIpc) is 3.07. The topological polar surface area (TPSA) is 98.5 Å². The van der Waals surface area contributed by atoms with Crippen LogP contribution in [0.5, 0.6) is 17.2 Å². The highest BCUT2D eigenvalue weighted by molar-refractivity contribution is 6.04. The van der Waals surface area contributed by atoms with E-state index in [0.29, 0.717) is 28.6 Å². The van der Waals surface area contributed by atoms with E-state index in [1.807, 2.05) is 0 Å². The first-order valence-corrected chi connectivity index (χ1v) is 8.35. The molecule has 0 aliphatic heterocycles. The Labute approximate surface area is 156 Å². The van der Waals surface area contributed by atoms with Crippen LogP contribution in [0.1, 0.15) is 17.3 Å². The summed E-state index contributed by atoms with van der Waals surface area (Å²) in [5, 5.41) is 16.1. The van der Waals surface area contributed by atoms with E-state index in [1.165, 1.54) is 0 Å². The molecule has 0 fully saturated rings. The predicted octanol–water partition coefficient (Wildman–Crippen LogP) is 2.62. The number of nitrogens with zero attached hydrogens (tertiary/aromatic N) is 3. The quantitative estimate of drug-likeness (QED) is 0.665. The zero-order valence-corrected chi connectivity index (χ0v) is 15.0. The van der Waals surface area contributed by atoms with Gasteiger partial charge in [-0.25, -0.2) is 0 Å². The third-order valence-electron chi connectivity index (χ3n) is 3.56. The molecule has 0 saturated heterocycles. The zero-order chi connectivity index (χ0) is 19.2. The second kappa shape index (κ2) is 8.33. The SMILES string of the molecule is C[C@@H](CO)Oc1cc(Oc2cccnc2)cc(C(=O)Nc2ccn(C)n2)c1. The van der Waals surface area contributed by atoms with E-state index in [1.54, 1.807) is 73.6 Å². The van der Waals surface area contributed by atoms with Gasteiger partial charge in [-0.05, 0) is 31.2 Å². The van der Waals surface area contributed by atoms with E-state index in [0.717, 1.165) is 0 Å². The molecule has 0 saturated carbocycles. The Hall–Kier alpha value is -3.39. The van der Waals surface area contributed by atoms with Crippen LogP contribution in [0.25, 0.3) is 0 Å². The van der Waals surface area contributed by atoms with Gasteiger partial charge in [-0.1, -0.05) is 0 Å². The molecule has 2 aromatic heterocycles. The van der Waals surface area contributed by atoms with E-state index in [4.69, 9.17) is 9.47 Å². The highest BCUT2D eigenvalue weighted by Crippen LogP contribution is 2.28. The highest BCUT2D eigenvalue weighted by Gasteiger charge is 2.14. The number of aliphatic hydroxyl groups is 1. The monoisotopic (exact) mass is 368 g/mol. The van der Waals surface area contributed by atoms with Gasteiger partial charge in [0.25, 0.3) is 5.91 Å². The lowest BCUT2D eigenvalue weighted by Crippen LogP contribution is -2.17. The van der Waals surface area contributed by atoms with Crippen LogP contribution in [0.2, 0.25) is 0 Å². The number of anilines is 1. The lowest BCUT2D eigenvalue weighted by Gasteiger charge is -2.15. The molecule has 0 bridgehead atoms. The second-order valence-electron chi connectivity index (χ2n) is 5.92. The molecule has 0 spiro atoms. The Kier molecular flexibility index (Phi) is 5.68. The summed E-state index contributed by atoms with van der Waals surface area (Å²) in [5.41, 5.74) is 0.335. The molecule has 3 rings (SSSR count). The first-order valence-electron chi connectivity index (χ1n) is 8.35. The zero-order valence-electron chi connectivity index (χ0n) is 15.0. The van der Waals surface area contributed by atoms with Crippen molar-refractivity contribution in [2.45, 2.75) is 13.0 Å². The Morgan fingerprint density at radius 2 is 2.07 bits per heavy atom. The van der Waals surface area contributed by atoms with Gasteiger partial charge in [0.2, 0.25) is 0 Å². The molecule has 3 aromatic rings. The fourth-order valence-corrected chi connectivity index (χ4v) is 2.31. The molecule has 0 radical (unpaired) electrons. The van der Waals surface area contributed by atoms with Crippen LogP contribution >= 0.6 is 0 Å². The molecule has 8 heteroatoms. The second-order valence-corrected chi connectivity index (χ2v) is 5.92. The summed E-state index contributed by atoms with van der Waals surface area (Å²) in [5.74, 6) is 1.43. The highest BCUT2D eigenvalue weighted by atomic mass is 16.5. The number of hydrogen-bond acceptors (Lipinski definition) is 6. The van der Waals surface area contributed by atoms with Crippen molar-refractivity contribution in [2.75, 3.05) is 11.9 Å². The molecule has 0 aliphatic rings. The third-order valence-corrected chi connectivity index (χ3v) is 3.56. The van der Waals surface area contributed by atoms with Crippen molar-refractivity contribution in [2.24, 2.45) is 7.05 Å². The minimum atomic E-state index is -0.426. The van der Waals surface area contributed by atoms with Gasteiger partial charge in [-0.15, -0.1) is 0 Å². The maximum atomic E-state index is 12.6. The van der Waals surface area contributed by atoms with Crippen LogP contribution < -0.4 is 14.8 Å². The minimum absolute atomic E-state index is 0.150. The average molecular weight is 368 g/mol. The Morgan fingerprint density at radius 1 is 1.26 bits per heavy atom. The fourth-order valence-electron chi connectivity index (χ4n) is 2.31. The van der Waals surface area contributed by atoms with Crippen LogP contribution in [0.4, 0.5) is 5.82 Å². The van der Waals surface area contributed by atoms with Gasteiger partial charge >= 0.3 is 0 Å². The van der Waals surface area contributed by atoms with Gasteiger partial charge in [0.15, 0.2) is 5.82 Å². The number of carbonyl (C=O) groups is 1. The number of aliphatic hydroxyl groups excluding tert-OH is 1. The Balaban J connectivity index is 1.87. The molecule has 0 unspecified atom stereocenters. The molecular weight excluding hydrogens is 348 g/mol. The van der Waals surface area contributed by atoms with Crippen molar-refractivity contribution in [3.63, 3.8) is 0 Å². The predicted molar refractivity (Wildman–Crippen MR) is 99.1 cm³/mol. The van der Waals surface area contributed by atoms with Gasteiger partial charge < -0.3 is 19.9 Å². The normalized spacial score (nSPS) is 11.7. The molecule has 2 N–H and O–H groups in total. The number of aromatic nitrogens is 3. The first kappa shape index (κ1) is 18.4. The van der Waals surface area contributed by atoms with Crippen LogP contribution in [0.15, 0.2) is 55.0 Å². The molecule has 8 nitrogen and oxygen atoms in total. The number of ether oxygens (including phenoxy) is 2. The standard InChI is InChI=1S/C19H20N4O4/c1-13(12-24)26-16-8-14(19(25)21-18-5-7-23(2)22-18)9-17(10-16)27-15-4-3-6-20-11-15/h3-11,13,24H,12H2,1-2H3,(H,21,22,25)/t13-/m0/s1. The minimum Gasteiger partial charge on any atom is -0.488 e. The van der Waals surface area contributed by atoms with Crippen molar-refractivity contribution in [3.8, 4) is 17.2 Å². The lowest BCUT2D eigenvalue weighted by atomic mass is 10.2.